The van der Waals surface area contributed by atoms with Gasteiger partial charge >= 0.3 is 0 Å². The fraction of sp³-hybridized carbons (Fsp3) is 0.500. The van der Waals surface area contributed by atoms with Crippen LogP contribution >= 0.6 is 0 Å². The smallest absolute Gasteiger partial charge is 0.254 e. The fourth-order valence-electron chi connectivity index (χ4n) is 5.75. The van der Waals surface area contributed by atoms with Crippen molar-refractivity contribution in [2.45, 2.75) is 50.9 Å². The maximum atomic E-state index is 13.1. The first-order valence-electron chi connectivity index (χ1n) is 12.7. The Balaban J connectivity index is 1.24. The number of para-hydroxylation sites is 1. The second-order valence-corrected chi connectivity index (χ2v) is 9.75. The molecule has 3 aliphatic heterocycles. The van der Waals surface area contributed by atoms with Crippen LogP contribution in [-0.4, -0.2) is 60.9 Å². The molecule has 5 nitrogen and oxygen atoms in total. The standard InChI is InChI=1S/C28H35N3O2/c32-27-13-5-6-18-31(27)26-12-4-1-9-22(26)14-19-29-20-15-23(21-29)24-10-2-3-11-25(24)28(33)30-16-7-8-17-30/h1-4,9-12,23H,5-8,13-21H2. The Labute approximate surface area is 197 Å². The van der Waals surface area contributed by atoms with Crippen LogP contribution in [0.4, 0.5) is 5.69 Å². The van der Waals surface area contributed by atoms with Crippen LogP contribution in [0.1, 0.15) is 65.9 Å². The second-order valence-electron chi connectivity index (χ2n) is 9.75. The Morgan fingerprint density at radius 1 is 0.879 bits per heavy atom. The number of carbonyl (C=O) groups excluding carboxylic acids is 2. The van der Waals surface area contributed by atoms with E-state index in [4.69, 9.17) is 0 Å². The van der Waals surface area contributed by atoms with Gasteiger partial charge in [0.05, 0.1) is 0 Å². The van der Waals surface area contributed by atoms with Gasteiger partial charge in [0.25, 0.3) is 5.91 Å². The number of benzene rings is 2. The summed E-state index contributed by atoms with van der Waals surface area (Å²) in [6.45, 7) is 5.66. The highest BCUT2D eigenvalue weighted by Crippen LogP contribution is 2.32. The number of anilines is 1. The van der Waals surface area contributed by atoms with Crippen LogP contribution in [0.15, 0.2) is 48.5 Å². The zero-order chi connectivity index (χ0) is 22.6. The number of hydrogen-bond acceptors (Lipinski definition) is 3. The molecular formula is C28H35N3O2. The Kier molecular flexibility index (Phi) is 6.77. The van der Waals surface area contributed by atoms with Crippen molar-refractivity contribution >= 4 is 17.5 Å². The number of piperidine rings is 1. The zero-order valence-corrected chi connectivity index (χ0v) is 19.5. The Morgan fingerprint density at radius 2 is 1.64 bits per heavy atom. The molecule has 3 heterocycles. The van der Waals surface area contributed by atoms with Gasteiger partial charge in [-0.25, -0.2) is 0 Å². The molecule has 5 heteroatoms. The molecule has 2 aromatic rings. The molecule has 0 saturated carbocycles. The van der Waals surface area contributed by atoms with E-state index < -0.39 is 0 Å². The van der Waals surface area contributed by atoms with Crippen LogP contribution in [-0.2, 0) is 11.2 Å². The van der Waals surface area contributed by atoms with Crippen LogP contribution < -0.4 is 4.90 Å². The van der Waals surface area contributed by atoms with Gasteiger partial charge in [-0.05, 0) is 74.2 Å². The summed E-state index contributed by atoms with van der Waals surface area (Å²) in [7, 11) is 0. The van der Waals surface area contributed by atoms with Gasteiger partial charge in [-0.3, -0.25) is 9.59 Å². The van der Waals surface area contributed by atoms with Crippen LogP contribution in [0, 0.1) is 0 Å². The molecule has 0 aliphatic carbocycles. The van der Waals surface area contributed by atoms with E-state index in [1.807, 2.05) is 28.0 Å². The van der Waals surface area contributed by atoms with Crippen molar-refractivity contribution in [3.05, 3.63) is 65.2 Å². The topological polar surface area (TPSA) is 43.9 Å². The van der Waals surface area contributed by atoms with Crippen molar-refractivity contribution in [2.24, 2.45) is 0 Å². The minimum absolute atomic E-state index is 0.210. The van der Waals surface area contributed by atoms with Crippen LogP contribution in [0.5, 0.6) is 0 Å². The largest absolute Gasteiger partial charge is 0.339 e. The summed E-state index contributed by atoms with van der Waals surface area (Å²) in [6, 6.07) is 16.7. The van der Waals surface area contributed by atoms with Gasteiger partial charge in [0.2, 0.25) is 5.91 Å². The summed E-state index contributed by atoms with van der Waals surface area (Å²) in [5.74, 6) is 0.877. The first kappa shape index (κ1) is 22.1. The normalized spacial score (nSPS) is 21.7. The maximum absolute atomic E-state index is 13.1. The van der Waals surface area contributed by atoms with Crippen molar-refractivity contribution in [3.8, 4) is 0 Å². The highest BCUT2D eigenvalue weighted by Gasteiger charge is 2.29. The van der Waals surface area contributed by atoms with E-state index in [2.05, 4.69) is 35.2 Å². The zero-order valence-electron chi connectivity index (χ0n) is 19.5. The number of rotatable bonds is 6. The quantitative estimate of drug-likeness (QED) is 0.659. The van der Waals surface area contributed by atoms with E-state index in [0.29, 0.717) is 12.3 Å². The maximum Gasteiger partial charge on any atom is 0.254 e. The van der Waals surface area contributed by atoms with Gasteiger partial charge in [0.15, 0.2) is 0 Å². The predicted molar refractivity (Wildman–Crippen MR) is 132 cm³/mol. The average Bonchev–Trinajstić information content (AvgIpc) is 3.56. The molecule has 5 rings (SSSR count). The van der Waals surface area contributed by atoms with Gasteiger partial charge in [0, 0.05) is 50.4 Å². The molecule has 0 radical (unpaired) electrons. The highest BCUT2D eigenvalue weighted by molar-refractivity contribution is 5.96. The van der Waals surface area contributed by atoms with E-state index in [0.717, 1.165) is 89.0 Å². The number of carbonyl (C=O) groups is 2. The molecule has 0 N–H and O–H groups in total. The van der Waals surface area contributed by atoms with Crippen molar-refractivity contribution in [1.29, 1.82) is 0 Å². The lowest BCUT2D eigenvalue weighted by atomic mass is 9.93. The van der Waals surface area contributed by atoms with Gasteiger partial charge in [-0.15, -0.1) is 0 Å². The van der Waals surface area contributed by atoms with E-state index >= 15 is 0 Å². The lowest BCUT2D eigenvalue weighted by Crippen LogP contribution is -2.36. The van der Waals surface area contributed by atoms with Crippen LogP contribution in [0.25, 0.3) is 0 Å². The molecule has 2 aromatic carbocycles. The molecule has 1 unspecified atom stereocenters. The number of amides is 2. The third-order valence-electron chi connectivity index (χ3n) is 7.60. The molecule has 1 atom stereocenters. The first-order valence-corrected chi connectivity index (χ1v) is 12.7. The van der Waals surface area contributed by atoms with Crippen LogP contribution in [0.2, 0.25) is 0 Å². The van der Waals surface area contributed by atoms with E-state index in [9.17, 15) is 9.59 Å². The van der Waals surface area contributed by atoms with E-state index in [-0.39, 0.29) is 11.8 Å². The third kappa shape index (κ3) is 4.84. The summed E-state index contributed by atoms with van der Waals surface area (Å²) in [6.07, 6.45) is 7.04. The van der Waals surface area contributed by atoms with E-state index in [1.165, 1.54) is 11.1 Å². The monoisotopic (exact) mass is 445 g/mol. The van der Waals surface area contributed by atoms with Crippen LogP contribution in [0.3, 0.4) is 0 Å². The molecule has 0 spiro atoms. The summed E-state index contributed by atoms with van der Waals surface area (Å²) in [4.78, 5) is 32.1. The predicted octanol–water partition coefficient (Wildman–Crippen LogP) is 4.47. The lowest BCUT2D eigenvalue weighted by molar-refractivity contribution is -0.119. The number of hydrogen-bond donors (Lipinski definition) is 0. The summed E-state index contributed by atoms with van der Waals surface area (Å²) in [5.41, 5.74) is 4.48. The van der Waals surface area contributed by atoms with E-state index in [1.54, 1.807) is 0 Å². The number of likely N-dealkylation sites (tertiary alicyclic amines) is 2. The van der Waals surface area contributed by atoms with Crippen molar-refractivity contribution in [3.63, 3.8) is 0 Å². The number of nitrogens with zero attached hydrogens (tertiary/aromatic N) is 3. The molecule has 174 valence electrons. The Hall–Kier alpha value is -2.66. The molecule has 33 heavy (non-hydrogen) atoms. The molecule has 2 amide bonds. The van der Waals surface area contributed by atoms with Gasteiger partial charge in [0.1, 0.15) is 0 Å². The Bertz CT molecular complexity index is 998. The first-order chi connectivity index (χ1) is 16.2. The SMILES string of the molecule is O=C(c1ccccc1C1CCN(CCc2ccccc2N2CCCCC2=O)C1)N1CCCC1. The lowest BCUT2D eigenvalue weighted by Gasteiger charge is -2.29. The molecule has 3 aliphatic rings. The molecular weight excluding hydrogens is 410 g/mol. The highest BCUT2D eigenvalue weighted by atomic mass is 16.2. The molecule has 3 saturated heterocycles. The summed E-state index contributed by atoms with van der Waals surface area (Å²) >= 11 is 0. The second kappa shape index (κ2) is 10.1. The van der Waals surface area contributed by atoms with Gasteiger partial charge in [-0.1, -0.05) is 36.4 Å². The molecule has 0 bridgehead atoms. The summed E-state index contributed by atoms with van der Waals surface area (Å²) in [5, 5.41) is 0. The molecule has 3 fully saturated rings. The Morgan fingerprint density at radius 3 is 2.48 bits per heavy atom. The third-order valence-corrected chi connectivity index (χ3v) is 7.60. The minimum atomic E-state index is 0.210. The molecule has 0 aromatic heterocycles. The van der Waals surface area contributed by atoms with Gasteiger partial charge < -0.3 is 14.7 Å². The summed E-state index contributed by atoms with van der Waals surface area (Å²) < 4.78 is 0. The minimum Gasteiger partial charge on any atom is -0.339 e. The fourth-order valence-corrected chi connectivity index (χ4v) is 5.75. The van der Waals surface area contributed by atoms with Crippen molar-refractivity contribution in [2.75, 3.05) is 44.2 Å². The van der Waals surface area contributed by atoms with Crippen molar-refractivity contribution in [1.82, 2.24) is 9.80 Å². The van der Waals surface area contributed by atoms with Crippen molar-refractivity contribution < 1.29 is 9.59 Å². The average molecular weight is 446 g/mol. The van der Waals surface area contributed by atoms with Gasteiger partial charge in [-0.2, -0.15) is 0 Å².